The summed E-state index contributed by atoms with van der Waals surface area (Å²) in [5.41, 5.74) is 1.97. The molecule has 0 spiro atoms. The third-order valence-corrected chi connectivity index (χ3v) is 10.8. The summed E-state index contributed by atoms with van der Waals surface area (Å²) in [6, 6.07) is 19.3. The number of unbranched alkanes of at least 4 members (excludes halogenated alkanes) is 22. The van der Waals surface area contributed by atoms with E-state index in [-0.39, 0.29) is 61.1 Å². The number of hydrogen-bond acceptors (Lipinski definition) is 8. The summed E-state index contributed by atoms with van der Waals surface area (Å²) in [6.07, 6.45) is 30.1. The molecule has 2 rings (SSSR count). The van der Waals surface area contributed by atoms with Gasteiger partial charge < -0.3 is 39.5 Å². The molecule has 0 radical (unpaired) electrons. The van der Waals surface area contributed by atoms with Gasteiger partial charge >= 0.3 is 48.9 Å². The van der Waals surface area contributed by atoms with Gasteiger partial charge in [0.1, 0.15) is 0 Å². The third-order valence-electron chi connectivity index (χ3n) is 10.8. The van der Waals surface area contributed by atoms with Crippen molar-refractivity contribution in [2.45, 2.75) is 231 Å². The molecule has 2 aromatic rings. The number of carbonyl (C=O) groups excluding carboxylic acids is 2. The first-order valence-electron chi connectivity index (χ1n) is 23.3. The Balaban J connectivity index is 0.00000112. The summed E-state index contributed by atoms with van der Waals surface area (Å²) in [6.45, 7) is 4.36. The maximum atomic E-state index is 11.3. The Labute approximate surface area is 400 Å². The number of aliphatic carboxylic acids is 2. The Morgan fingerprint density at radius 3 is 0.864 bits per heavy atom. The Morgan fingerprint density at radius 1 is 0.424 bits per heavy atom. The van der Waals surface area contributed by atoms with Gasteiger partial charge in [0.2, 0.25) is 0 Å². The molecule has 0 bridgehead atoms. The van der Waals surface area contributed by atoms with Crippen LogP contribution >= 0.6 is 0 Å². The molecule has 2 N–H and O–H groups in total. The summed E-state index contributed by atoms with van der Waals surface area (Å²) >= 11 is 0. The number of aliphatic hydroxyl groups is 2. The molecule has 0 aliphatic heterocycles. The number of carbonyl (C=O) groups is 2. The molecule has 2 aromatic carbocycles. The number of hydrogen-bond donors (Lipinski definition) is 2. The van der Waals surface area contributed by atoms with E-state index < -0.39 is 24.1 Å². The van der Waals surface area contributed by atoms with Crippen LogP contribution in [0.2, 0.25) is 0 Å². The predicted molar refractivity (Wildman–Crippen MR) is 238 cm³/mol. The maximum Gasteiger partial charge on any atom is 2.00 e. The molecule has 0 heterocycles. The second-order valence-electron chi connectivity index (χ2n) is 16.5. The van der Waals surface area contributed by atoms with Crippen LogP contribution in [-0.2, 0) is 32.3 Å². The molecule has 59 heavy (non-hydrogen) atoms. The standard InChI is InChI=1S/2C25H42O4.Ba/c2*1-22(26)17-13-10-8-6-4-2-3-5-7-9-11-16-20-24(25(27)28)29-21-23-18-14-12-15-19-23;/h2*12,14-15,18-19,22,24,26H,2-11,13,16-17,20-21H2,1H3,(H,27,28);/q;;+2/p-2. The fourth-order valence-electron chi connectivity index (χ4n) is 7.16. The van der Waals surface area contributed by atoms with E-state index in [2.05, 4.69) is 0 Å². The average molecular weight is 949 g/mol. The normalized spacial score (nSPS) is 13.1. The minimum absolute atomic E-state index is 0. The number of ether oxygens (including phenoxy) is 2. The van der Waals surface area contributed by atoms with Crippen molar-refractivity contribution in [2.24, 2.45) is 0 Å². The molecule has 9 heteroatoms. The zero-order chi connectivity index (χ0) is 42.3. The summed E-state index contributed by atoms with van der Waals surface area (Å²) in [7, 11) is 0. The van der Waals surface area contributed by atoms with E-state index in [1.807, 2.05) is 74.5 Å². The van der Waals surface area contributed by atoms with Crippen LogP contribution in [-0.4, -0.2) is 95.4 Å². The molecule has 0 saturated carbocycles. The first-order valence-corrected chi connectivity index (χ1v) is 23.3. The first-order chi connectivity index (χ1) is 28.2. The summed E-state index contributed by atoms with van der Waals surface area (Å²) in [4.78, 5) is 22.5. The van der Waals surface area contributed by atoms with Crippen molar-refractivity contribution in [2.75, 3.05) is 0 Å². The van der Waals surface area contributed by atoms with Gasteiger partial charge in [0.15, 0.2) is 0 Å². The molecule has 0 aliphatic rings. The fraction of sp³-hybridized carbons (Fsp3) is 0.720. The topological polar surface area (TPSA) is 139 Å². The Morgan fingerprint density at radius 2 is 0.644 bits per heavy atom. The second-order valence-corrected chi connectivity index (χ2v) is 16.5. The molecule has 4 atom stereocenters. The number of rotatable bonds is 38. The van der Waals surface area contributed by atoms with Crippen LogP contribution in [0.25, 0.3) is 0 Å². The van der Waals surface area contributed by atoms with Crippen molar-refractivity contribution in [1.82, 2.24) is 0 Å². The van der Waals surface area contributed by atoms with Crippen molar-refractivity contribution < 1.29 is 39.5 Å². The van der Waals surface area contributed by atoms with Crippen molar-refractivity contribution in [3.05, 3.63) is 71.8 Å². The number of aliphatic hydroxyl groups excluding tert-OH is 2. The molecular weight excluding hydrogens is 866 g/mol. The van der Waals surface area contributed by atoms with Gasteiger partial charge in [-0.2, -0.15) is 0 Å². The Hall–Kier alpha value is -1.21. The zero-order valence-corrected chi connectivity index (χ0v) is 41.8. The van der Waals surface area contributed by atoms with E-state index in [0.717, 1.165) is 75.3 Å². The van der Waals surface area contributed by atoms with Crippen molar-refractivity contribution in [3.8, 4) is 0 Å². The smallest absolute Gasteiger partial charge is 0.547 e. The van der Waals surface area contributed by atoms with Crippen LogP contribution < -0.4 is 10.2 Å². The zero-order valence-electron chi connectivity index (χ0n) is 37.3. The Bertz CT molecular complexity index is 1100. The minimum Gasteiger partial charge on any atom is -0.547 e. The Kier molecular flexibility index (Phi) is 41.2. The van der Waals surface area contributed by atoms with Crippen molar-refractivity contribution >= 4 is 60.8 Å². The third kappa shape index (κ3) is 38.2. The van der Waals surface area contributed by atoms with E-state index >= 15 is 0 Å². The molecule has 8 nitrogen and oxygen atoms in total. The van der Waals surface area contributed by atoms with E-state index in [9.17, 15) is 30.0 Å². The minimum atomic E-state index is -1.10. The predicted octanol–water partition coefficient (Wildman–Crippen LogP) is 9.95. The van der Waals surface area contributed by atoms with E-state index in [1.165, 1.54) is 103 Å². The second kappa shape index (κ2) is 42.1. The summed E-state index contributed by atoms with van der Waals surface area (Å²) in [5, 5.41) is 40.9. The number of carboxylic acids is 2. The van der Waals surface area contributed by atoms with E-state index in [0.29, 0.717) is 26.1 Å². The van der Waals surface area contributed by atoms with Gasteiger partial charge in [-0.3, -0.25) is 0 Å². The molecule has 0 amide bonds. The van der Waals surface area contributed by atoms with Crippen LogP contribution in [0, 0.1) is 0 Å². The first kappa shape index (κ1) is 57.8. The van der Waals surface area contributed by atoms with Gasteiger partial charge in [-0.15, -0.1) is 0 Å². The molecule has 332 valence electrons. The van der Waals surface area contributed by atoms with Gasteiger partial charge in [-0.1, -0.05) is 215 Å². The van der Waals surface area contributed by atoms with Gasteiger partial charge in [-0.05, 0) is 50.7 Å². The molecule has 0 saturated heterocycles. The SMILES string of the molecule is CC(O)CCCCCCCCCCCCCCC(OCc1ccccc1)C(=O)[O-].CC(O)CCCCCCCCCCCCCCC(OCc1ccccc1)C(=O)[O-].[Ba+2]. The van der Waals surface area contributed by atoms with Gasteiger partial charge in [0.25, 0.3) is 0 Å². The summed E-state index contributed by atoms with van der Waals surface area (Å²) < 4.78 is 11.1. The monoisotopic (exact) mass is 949 g/mol. The van der Waals surface area contributed by atoms with Crippen LogP contribution in [0.3, 0.4) is 0 Å². The van der Waals surface area contributed by atoms with E-state index in [1.54, 1.807) is 0 Å². The summed E-state index contributed by atoms with van der Waals surface area (Å²) in [5.74, 6) is -2.21. The maximum absolute atomic E-state index is 11.3. The molecular formula is C50H82BaO8. The fourth-order valence-corrected chi connectivity index (χ4v) is 7.16. The van der Waals surface area contributed by atoms with Gasteiger partial charge in [-0.25, -0.2) is 0 Å². The van der Waals surface area contributed by atoms with Crippen LogP contribution in [0.15, 0.2) is 60.7 Å². The van der Waals surface area contributed by atoms with Crippen LogP contribution in [0.4, 0.5) is 0 Å². The van der Waals surface area contributed by atoms with Crippen molar-refractivity contribution in [1.29, 1.82) is 0 Å². The number of carboxylic acid groups (broad SMARTS) is 2. The molecule has 0 aromatic heterocycles. The largest absolute Gasteiger partial charge is 2.00 e. The van der Waals surface area contributed by atoms with Crippen LogP contribution in [0.5, 0.6) is 0 Å². The van der Waals surface area contributed by atoms with E-state index in [4.69, 9.17) is 9.47 Å². The van der Waals surface area contributed by atoms with Crippen LogP contribution in [0.1, 0.15) is 205 Å². The van der Waals surface area contributed by atoms with Gasteiger partial charge in [0, 0.05) is 0 Å². The average Bonchev–Trinajstić information content (AvgIpc) is 3.20. The molecule has 4 unspecified atom stereocenters. The molecule has 0 fully saturated rings. The quantitative estimate of drug-likeness (QED) is 0.0501. The number of benzene rings is 2. The molecule has 0 aliphatic carbocycles. The van der Waals surface area contributed by atoms with Gasteiger partial charge in [0.05, 0.1) is 49.6 Å². The van der Waals surface area contributed by atoms with Crippen molar-refractivity contribution in [3.63, 3.8) is 0 Å².